The summed E-state index contributed by atoms with van der Waals surface area (Å²) in [7, 11) is 0. The summed E-state index contributed by atoms with van der Waals surface area (Å²) in [6, 6.07) is 12.9. The third-order valence-electron chi connectivity index (χ3n) is 5.79. The molecule has 0 unspecified atom stereocenters. The summed E-state index contributed by atoms with van der Waals surface area (Å²) in [6.07, 6.45) is 2.79. The van der Waals surface area contributed by atoms with E-state index in [4.69, 9.17) is 10.5 Å². The molecule has 0 radical (unpaired) electrons. The van der Waals surface area contributed by atoms with Gasteiger partial charge in [0.15, 0.2) is 5.78 Å². The first kappa shape index (κ1) is 26.3. The first-order valence-corrected chi connectivity index (χ1v) is 11.5. The molecule has 0 saturated heterocycles. The topological polar surface area (TPSA) is 115 Å². The predicted molar refractivity (Wildman–Crippen MR) is 133 cm³/mol. The fourth-order valence-corrected chi connectivity index (χ4v) is 4.16. The number of hydrogen-bond acceptors (Lipinski definition) is 5. The van der Waals surface area contributed by atoms with Crippen molar-refractivity contribution in [1.29, 1.82) is 0 Å². The van der Waals surface area contributed by atoms with E-state index in [1.807, 2.05) is 0 Å². The van der Waals surface area contributed by atoms with Crippen molar-refractivity contribution in [2.45, 2.75) is 18.8 Å². The fourth-order valence-electron chi connectivity index (χ4n) is 4.16. The molecule has 0 aliphatic heterocycles. The molecule has 0 fully saturated rings. The van der Waals surface area contributed by atoms with Gasteiger partial charge in [0, 0.05) is 42.4 Å². The Labute approximate surface area is 215 Å². The summed E-state index contributed by atoms with van der Waals surface area (Å²) in [5.74, 6) is -4.11. The van der Waals surface area contributed by atoms with Crippen molar-refractivity contribution in [3.05, 3.63) is 118 Å². The number of carbonyl (C=O) groups is 2. The highest BCUT2D eigenvalue weighted by molar-refractivity contribution is 5.94. The third-order valence-corrected chi connectivity index (χ3v) is 5.79. The Balaban J connectivity index is 1.69. The lowest BCUT2D eigenvalue weighted by molar-refractivity contribution is -0.121. The molecule has 4 rings (SSSR count). The molecule has 2 aromatic heterocycles. The highest BCUT2D eigenvalue weighted by Crippen LogP contribution is 2.33. The largest absolute Gasteiger partial charge is 0.486 e. The van der Waals surface area contributed by atoms with Crippen LogP contribution in [-0.2, 0) is 11.2 Å². The standard InChI is InChI=1S/C28H22F3N3O4/c29-19-9-16(10-20(30)13-19)8-18(11-21(35)15-38-22-5-7-33-26(36)14-22)27-23(2-1-6-34-27)17-3-4-25(31)24(12-17)28(32)37/h1-7,9-10,12-14,18H,8,11,15H2,(H2,32,37)(H,33,36)/t18-/m1/s1. The number of Topliss-reactive ketones (excluding diaryl/α,β-unsaturated/α-hetero) is 1. The molecule has 194 valence electrons. The van der Waals surface area contributed by atoms with E-state index in [9.17, 15) is 27.6 Å². The van der Waals surface area contributed by atoms with Crippen molar-refractivity contribution in [3.8, 4) is 16.9 Å². The molecule has 0 aliphatic carbocycles. The van der Waals surface area contributed by atoms with Gasteiger partial charge in [-0.1, -0.05) is 12.1 Å². The van der Waals surface area contributed by atoms with Crippen LogP contribution in [0.25, 0.3) is 11.1 Å². The van der Waals surface area contributed by atoms with Crippen LogP contribution in [0.3, 0.4) is 0 Å². The lowest BCUT2D eigenvalue weighted by Gasteiger charge is -2.20. The normalized spacial score (nSPS) is 11.7. The summed E-state index contributed by atoms with van der Waals surface area (Å²) >= 11 is 0. The Morgan fingerprint density at radius 1 is 1.00 bits per heavy atom. The number of rotatable bonds is 10. The molecule has 0 spiro atoms. The minimum Gasteiger partial charge on any atom is -0.486 e. The van der Waals surface area contributed by atoms with E-state index >= 15 is 0 Å². The van der Waals surface area contributed by atoms with Crippen molar-refractivity contribution in [2.75, 3.05) is 6.61 Å². The second-order valence-electron chi connectivity index (χ2n) is 8.59. The second-order valence-corrected chi connectivity index (χ2v) is 8.59. The third kappa shape index (κ3) is 6.52. The number of ketones is 1. The molecule has 1 amide bonds. The SMILES string of the molecule is NC(=O)c1cc(-c2cccnc2[C@@H](CC(=O)COc2cc[nH]c(=O)c2)Cc2cc(F)cc(F)c2)ccc1F. The van der Waals surface area contributed by atoms with Gasteiger partial charge in [0.2, 0.25) is 0 Å². The number of H-pyrrole nitrogens is 1. The minimum absolute atomic E-state index is 0.0410. The maximum Gasteiger partial charge on any atom is 0.251 e. The monoisotopic (exact) mass is 521 g/mol. The van der Waals surface area contributed by atoms with Crippen LogP contribution >= 0.6 is 0 Å². The van der Waals surface area contributed by atoms with E-state index in [0.717, 1.165) is 12.1 Å². The fraction of sp³-hybridized carbons (Fsp3) is 0.143. The number of primary amides is 1. The number of aromatic amines is 1. The number of nitrogens with one attached hydrogen (secondary N) is 1. The zero-order valence-electron chi connectivity index (χ0n) is 19.9. The number of amides is 1. The zero-order chi connectivity index (χ0) is 27.2. The number of pyridine rings is 2. The van der Waals surface area contributed by atoms with E-state index in [1.54, 1.807) is 12.1 Å². The number of benzene rings is 2. The molecule has 2 heterocycles. The first-order valence-electron chi connectivity index (χ1n) is 11.5. The Bertz CT molecular complexity index is 1530. The molecule has 4 aromatic rings. The lowest BCUT2D eigenvalue weighted by Crippen LogP contribution is -2.18. The van der Waals surface area contributed by atoms with Crippen molar-refractivity contribution in [3.63, 3.8) is 0 Å². The van der Waals surface area contributed by atoms with E-state index in [0.29, 0.717) is 22.4 Å². The Morgan fingerprint density at radius 2 is 1.76 bits per heavy atom. The van der Waals surface area contributed by atoms with Gasteiger partial charge in [0.25, 0.3) is 11.5 Å². The quantitative estimate of drug-likeness (QED) is 0.323. The summed E-state index contributed by atoms with van der Waals surface area (Å²) in [5.41, 5.74) is 6.19. The number of aromatic nitrogens is 2. The van der Waals surface area contributed by atoms with Crippen LogP contribution < -0.4 is 16.0 Å². The van der Waals surface area contributed by atoms with Crippen LogP contribution in [0.4, 0.5) is 13.2 Å². The highest BCUT2D eigenvalue weighted by atomic mass is 19.1. The van der Waals surface area contributed by atoms with Crippen LogP contribution in [0.15, 0.2) is 77.9 Å². The molecular formula is C28H22F3N3O4. The maximum atomic E-state index is 14.1. The number of nitrogens with two attached hydrogens (primary N) is 1. The molecule has 0 aliphatic rings. The van der Waals surface area contributed by atoms with Crippen molar-refractivity contribution in [1.82, 2.24) is 9.97 Å². The number of halogens is 3. The van der Waals surface area contributed by atoms with Gasteiger partial charge in [-0.15, -0.1) is 0 Å². The molecule has 0 bridgehead atoms. The number of hydrogen-bond donors (Lipinski definition) is 2. The molecule has 3 N–H and O–H groups in total. The van der Waals surface area contributed by atoms with Crippen molar-refractivity contribution in [2.24, 2.45) is 5.73 Å². The van der Waals surface area contributed by atoms with E-state index in [2.05, 4.69) is 9.97 Å². The zero-order valence-corrected chi connectivity index (χ0v) is 19.9. The molecule has 7 nitrogen and oxygen atoms in total. The Kier molecular flexibility index (Phi) is 8.00. The smallest absolute Gasteiger partial charge is 0.251 e. The second kappa shape index (κ2) is 11.5. The summed E-state index contributed by atoms with van der Waals surface area (Å²) in [6.45, 7) is -0.359. The van der Waals surface area contributed by atoms with Crippen LogP contribution in [0, 0.1) is 17.5 Å². The maximum absolute atomic E-state index is 14.1. The average molecular weight is 521 g/mol. The molecule has 10 heteroatoms. The number of ether oxygens (including phenoxy) is 1. The van der Waals surface area contributed by atoms with E-state index in [-0.39, 0.29) is 36.5 Å². The number of carbonyl (C=O) groups excluding carboxylic acids is 2. The van der Waals surface area contributed by atoms with Crippen molar-refractivity contribution < 1.29 is 27.5 Å². The summed E-state index contributed by atoms with van der Waals surface area (Å²) in [5, 5.41) is 0. The van der Waals surface area contributed by atoms with Crippen LogP contribution in [-0.4, -0.2) is 28.3 Å². The van der Waals surface area contributed by atoms with Gasteiger partial charge in [-0.3, -0.25) is 19.4 Å². The number of nitrogens with zero attached hydrogens (tertiary/aromatic N) is 1. The van der Waals surface area contributed by atoms with Crippen LogP contribution in [0.2, 0.25) is 0 Å². The highest BCUT2D eigenvalue weighted by Gasteiger charge is 2.23. The average Bonchev–Trinajstić information content (AvgIpc) is 2.87. The van der Waals surface area contributed by atoms with Crippen molar-refractivity contribution >= 4 is 11.7 Å². The molecule has 0 saturated carbocycles. The van der Waals surface area contributed by atoms with Gasteiger partial charge < -0.3 is 15.5 Å². The molecule has 38 heavy (non-hydrogen) atoms. The first-order chi connectivity index (χ1) is 18.2. The van der Waals surface area contributed by atoms with Gasteiger partial charge in [-0.2, -0.15) is 0 Å². The molecule has 2 aromatic carbocycles. The Morgan fingerprint density at radius 3 is 2.47 bits per heavy atom. The van der Waals surface area contributed by atoms with Gasteiger partial charge in [-0.25, -0.2) is 13.2 Å². The lowest BCUT2D eigenvalue weighted by atomic mass is 9.86. The Hall–Kier alpha value is -4.73. The molecular weight excluding hydrogens is 499 g/mol. The summed E-state index contributed by atoms with van der Waals surface area (Å²) < 4.78 is 47.4. The predicted octanol–water partition coefficient (Wildman–Crippen LogP) is 4.32. The van der Waals surface area contributed by atoms with E-state index in [1.165, 1.54) is 48.8 Å². The minimum atomic E-state index is -0.950. The van der Waals surface area contributed by atoms with Gasteiger partial charge in [-0.05, 0) is 53.9 Å². The van der Waals surface area contributed by atoms with Gasteiger partial charge in [0.1, 0.15) is 29.8 Å². The van der Waals surface area contributed by atoms with Crippen LogP contribution in [0.1, 0.15) is 34.0 Å². The molecule has 1 atom stereocenters. The van der Waals surface area contributed by atoms with Gasteiger partial charge >= 0.3 is 0 Å². The van der Waals surface area contributed by atoms with Gasteiger partial charge in [0.05, 0.1) is 11.3 Å². The summed E-state index contributed by atoms with van der Waals surface area (Å²) in [4.78, 5) is 43.0. The van der Waals surface area contributed by atoms with E-state index < -0.39 is 34.8 Å². The van der Waals surface area contributed by atoms with Crippen LogP contribution in [0.5, 0.6) is 5.75 Å².